The summed E-state index contributed by atoms with van der Waals surface area (Å²) in [7, 11) is -2.31. The molecule has 3 aromatic rings. The summed E-state index contributed by atoms with van der Waals surface area (Å²) in [4.78, 5) is 17.6. The van der Waals surface area contributed by atoms with Gasteiger partial charge in [-0.25, -0.2) is 13.4 Å². The van der Waals surface area contributed by atoms with Crippen molar-refractivity contribution in [2.75, 3.05) is 38.7 Å². The maximum atomic E-state index is 13.0. The highest BCUT2D eigenvalue weighted by atomic mass is 32.2. The Bertz CT molecular complexity index is 1250. The molecule has 0 spiro atoms. The molecule has 2 aromatic carbocycles. The number of hydrogen-bond donors (Lipinski definition) is 1. The highest BCUT2D eigenvalue weighted by Crippen LogP contribution is 2.31. The smallest absolute Gasteiger partial charge is 0.261 e. The summed E-state index contributed by atoms with van der Waals surface area (Å²) >= 11 is 1.37. The van der Waals surface area contributed by atoms with Crippen LogP contribution in [0, 0.1) is 13.8 Å². The summed E-state index contributed by atoms with van der Waals surface area (Å²) in [5, 5.41) is 3.23. The number of rotatable bonds is 5. The normalized spacial score (nSPS) is 15.2. The van der Waals surface area contributed by atoms with Crippen molar-refractivity contribution in [2.45, 2.75) is 18.7 Å². The zero-order chi connectivity index (χ0) is 22.2. The number of benzene rings is 2. The van der Waals surface area contributed by atoms with Gasteiger partial charge in [0, 0.05) is 13.1 Å². The maximum absolute atomic E-state index is 13.0. The fraction of sp³-hybridized carbons (Fsp3) is 0.333. The zero-order valence-electron chi connectivity index (χ0n) is 17.5. The third-order valence-electron chi connectivity index (χ3n) is 5.07. The molecule has 0 bridgehead atoms. The van der Waals surface area contributed by atoms with Crippen LogP contribution in [0.5, 0.6) is 5.75 Å². The predicted molar refractivity (Wildman–Crippen MR) is 120 cm³/mol. The van der Waals surface area contributed by atoms with Gasteiger partial charge >= 0.3 is 0 Å². The van der Waals surface area contributed by atoms with E-state index in [-0.39, 0.29) is 29.3 Å². The highest BCUT2D eigenvalue weighted by Gasteiger charge is 2.28. The van der Waals surface area contributed by atoms with Crippen molar-refractivity contribution in [1.82, 2.24) is 9.29 Å². The number of hydrogen-bond acceptors (Lipinski definition) is 7. The number of sulfonamides is 1. The van der Waals surface area contributed by atoms with Gasteiger partial charge in [-0.3, -0.25) is 10.1 Å². The van der Waals surface area contributed by atoms with E-state index in [1.54, 1.807) is 0 Å². The molecule has 1 N–H and O–H groups in total. The van der Waals surface area contributed by atoms with Gasteiger partial charge in [0.2, 0.25) is 10.0 Å². The van der Waals surface area contributed by atoms with E-state index >= 15 is 0 Å². The van der Waals surface area contributed by atoms with Crippen LogP contribution < -0.4 is 10.1 Å². The monoisotopic (exact) mass is 461 g/mol. The van der Waals surface area contributed by atoms with Crippen molar-refractivity contribution in [3.8, 4) is 5.75 Å². The Balaban J connectivity index is 1.66. The number of aromatic nitrogens is 1. The Kier molecular flexibility index (Phi) is 5.98. The number of fused-ring (bicyclic) bond motifs is 1. The minimum Gasteiger partial charge on any atom is -0.496 e. The standard InChI is InChI=1S/C21H23N3O5S2/c1-13-10-14(2)19-18(11-13)30-21(22-19)23-20(25)16-12-15(4-5-17(16)28-3)31(26,27)24-6-8-29-9-7-24/h4-5,10-12H,6-9H2,1-3H3,(H,22,23,25). The maximum Gasteiger partial charge on any atom is 0.261 e. The Morgan fingerprint density at radius 1 is 1.19 bits per heavy atom. The molecular formula is C21H23N3O5S2. The summed E-state index contributed by atoms with van der Waals surface area (Å²) in [5.41, 5.74) is 3.11. The molecular weight excluding hydrogens is 438 g/mol. The lowest BCUT2D eigenvalue weighted by Crippen LogP contribution is -2.40. The Morgan fingerprint density at radius 3 is 2.65 bits per heavy atom. The quantitative estimate of drug-likeness (QED) is 0.627. The molecule has 1 amide bonds. The molecule has 31 heavy (non-hydrogen) atoms. The summed E-state index contributed by atoms with van der Waals surface area (Å²) in [5.74, 6) is -0.198. The Labute approximate surface area is 184 Å². The number of methoxy groups -OCH3 is 1. The number of amides is 1. The van der Waals surface area contributed by atoms with Gasteiger partial charge < -0.3 is 9.47 Å². The number of thiazole rings is 1. The second-order valence-corrected chi connectivity index (χ2v) is 10.2. The number of aryl methyl sites for hydroxylation is 2. The van der Waals surface area contributed by atoms with E-state index in [1.807, 2.05) is 26.0 Å². The van der Waals surface area contributed by atoms with Crippen LogP contribution in [0.3, 0.4) is 0 Å². The lowest BCUT2D eigenvalue weighted by Gasteiger charge is -2.26. The van der Waals surface area contributed by atoms with Gasteiger partial charge in [-0.15, -0.1) is 0 Å². The van der Waals surface area contributed by atoms with Gasteiger partial charge in [0.05, 0.1) is 41.0 Å². The SMILES string of the molecule is COc1ccc(S(=O)(=O)N2CCOCC2)cc1C(=O)Nc1nc2c(C)cc(C)cc2s1. The first-order valence-electron chi connectivity index (χ1n) is 9.74. The molecule has 1 aliphatic heterocycles. The van der Waals surface area contributed by atoms with Crippen molar-refractivity contribution in [3.05, 3.63) is 47.0 Å². The van der Waals surface area contributed by atoms with Crippen LogP contribution in [-0.4, -0.2) is 57.0 Å². The molecule has 2 heterocycles. The van der Waals surface area contributed by atoms with E-state index in [2.05, 4.69) is 10.3 Å². The molecule has 1 fully saturated rings. The van der Waals surface area contributed by atoms with Crippen LogP contribution in [-0.2, 0) is 14.8 Å². The van der Waals surface area contributed by atoms with Gasteiger partial charge in [-0.1, -0.05) is 17.4 Å². The van der Waals surface area contributed by atoms with Crippen LogP contribution in [0.2, 0.25) is 0 Å². The average Bonchev–Trinajstić information content (AvgIpc) is 3.16. The first-order valence-corrected chi connectivity index (χ1v) is 12.0. The van der Waals surface area contributed by atoms with E-state index in [0.717, 1.165) is 21.3 Å². The van der Waals surface area contributed by atoms with Crippen molar-refractivity contribution in [3.63, 3.8) is 0 Å². The van der Waals surface area contributed by atoms with Crippen molar-refractivity contribution in [1.29, 1.82) is 0 Å². The summed E-state index contributed by atoms with van der Waals surface area (Å²) in [6, 6.07) is 8.35. The van der Waals surface area contributed by atoms with Crippen LogP contribution >= 0.6 is 11.3 Å². The number of morpholine rings is 1. The number of ether oxygens (including phenoxy) is 2. The van der Waals surface area contributed by atoms with E-state index in [1.165, 1.54) is 41.0 Å². The molecule has 1 aliphatic rings. The minimum atomic E-state index is -3.74. The van der Waals surface area contributed by atoms with Gasteiger partial charge in [0.15, 0.2) is 5.13 Å². The third-order valence-corrected chi connectivity index (χ3v) is 7.89. The summed E-state index contributed by atoms with van der Waals surface area (Å²) in [6.45, 7) is 5.23. The minimum absolute atomic E-state index is 0.0381. The number of anilines is 1. The van der Waals surface area contributed by atoms with Crippen LogP contribution in [0.25, 0.3) is 10.2 Å². The van der Waals surface area contributed by atoms with E-state index in [4.69, 9.17) is 9.47 Å². The van der Waals surface area contributed by atoms with Crippen LogP contribution in [0.1, 0.15) is 21.5 Å². The molecule has 4 rings (SSSR count). The molecule has 0 unspecified atom stereocenters. The first kappa shape index (κ1) is 21.7. The fourth-order valence-corrected chi connectivity index (χ4v) is 6.02. The van der Waals surface area contributed by atoms with Crippen LogP contribution in [0.4, 0.5) is 5.13 Å². The number of carbonyl (C=O) groups excluding carboxylic acids is 1. The summed E-state index contributed by atoms with van der Waals surface area (Å²) in [6.07, 6.45) is 0. The predicted octanol–water partition coefficient (Wildman–Crippen LogP) is 3.19. The fourth-order valence-electron chi connectivity index (χ4n) is 3.55. The largest absolute Gasteiger partial charge is 0.496 e. The molecule has 0 aliphatic carbocycles. The van der Waals surface area contributed by atoms with Crippen LogP contribution in [0.15, 0.2) is 35.2 Å². The summed E-state index contributed by atoms with van der Waals surface area (Å²) < 4.78 is 38.9. The molecule has 1 aromatic heterocycles. The second-order valence-electron chi connectivity index (χ2n) is 7.28. The van der Waals surface area contributed by atoms with Gasteiger partial charge in [0.25, 0.3) is 5.91 Å². The van der Waals surface area contributed by atoms with E-state index < -0.39 is 15.9 Å². The molecule has 0 saturated carbocycles. The molecule has 1 saturated heterocycles. The number of nitrogens with zero attached hydrogens (tertiary/aromatic N) is 2. The highest BCUT2D eigenvalue weighted by molar-refractivity contribution is 7.89. The van der Waals surface area contributed by atoms with Gasteiger partial charge in [-0.05, 0) is 49.2 Å². The number of carbonyl (C=O) groups is 1. The first-order chi connectivity index (χ1) is 14.8. The molecule has 164 valence electrons. The molecule has 0 atom stereocenters. The topological polar surface area (TPSA) is 97.8 Å². The van der Waals surface area contributed by atoms with Gasteiger partial charge in [-0.2, -0.15) is 4.31 Å². The van der Waals surface area contributed by atoms with E-state index in [9.17, 15) is 13.2 Å². The van der Waals surface area contributed by atoms with Crippen molar-refractivity contribution in [2.24, 2.45) is 0 Å². The third kappa shape index (κ3) is 4.29. The Morgan fingerprint density at radius 2 is 1.94 bits per heavy atom. The van der Waals surface area contributed by atoms with Crippen molar-refractivity contribution < 1.29 is 22.7 Å². The second kappa shape index (κ2) is 8.54. The van der Waals surface area contributed by atoms with Crippen molar-refractivity contribution >= 4 is 42.6 Å². The lowest BCUT2D eigenvalue weighted by atomic mass is 10.1. The van der Waals surface area contributed by atoms with E-state index in [0.29, 0.717) is 18.3 Å². The Hall–Kier alpha value is -2.53. The van der Waals surface area contributed by atoms with Gasteiger partial charge in [0.1, 0.15) is 5.75 Å². The zero-order valence-corrected chi connectivity index (χ0v) is 19.1. The molecule has 0 radical (unpaired) electrons. The molecule has 8 nitrogen and oxygen atoms in total. The lowest BCUT2D eigenvalue weighted by molar-refractivity contribution is 0.0730. The number of nitrogens with one attached hydrogen (secondary N) is 1. The average molecular weight is 462 g/mol. The molecule has 10 heteroatoms.